The lowest BCUT2D eigenvalue weighted by Gasteiger charge is -2.34. The number of amides is 7. The van der Waals surface area contributed by atoms with Crippen molar-refractivity contribution in [2.24, 2.45) is 7.05 Å². The topological polar surface area (TPSA) is 233 Å². The van der Waals surface area contributed by atoms with Gasteiger partial charge in [-0.1, -0.05) is 51.1 Å². The fraction of sp³-hybridized carbons (Fsp3) is 0.340. The third-order valence-electron chi connectivity index (χ3n) is 13.0. The Hall–Kier alpha value is -8.03. The monoisotopic (exact) mass is 978 g/mol. The first-order chi connectivity index (χ1) is 34.5. The van der Waals surface area contributed by atoms with Crippen molar-refractivity contribution in [3.8, 4) is 11.3 Å². The van der Waals surface area contributed by atoms with E-state index in [0.717, 1.165) is 21.6 Å². The highest BCUT2D eigenvalue weighted by atomic mass is 16.5. The van der Waals surface area contributed by atoms with E-state index in [-0.39, 0.29) is 83.9 Å². The van der Waals surface area contributed by atoms with Gasteiger partial charge < -0.3 is 35.5 Å². The minimum atomic E-state index is -1.09. The van der Waals surface area contributed by atoms with Crippen molar-refractivity contribution < 1.29 is 38.3 Å². The predicted molar refractivity (Wildman–Crippen MR) is 270 cm³/mol. The summed E-state index contributed by atoms with van der Waals surface area (Å²) in [6.45, 7) is 12.0. The van der Waals surface area contributed by atoms with Gasteiger partial charge in [-0.15, -0.1) is 0 Å². The van der Waals surface area contributed by atoms with Crippen LogP contribution in [-0.4, -0.2) is 131 Å². The molecule has 374 valence electrons. The molecule has 0 saturated carbocycles. The lowest BCUT2D eigenvalue weighted by molar-refractivity contribution is -0.136. The molecule has 3 aliphatic heterocycles. The Morgan fingerprint density at radius 2 is 1.49 bits per heavy atom. The molecule has 0 radical (unpaired) electrons. The first-order valence-electron chi connectivity index (χ1n) is 23.9. The van der Waals surface area contributed by atoms with Crippen molar-refractivity contribution in [1.29, 1.82) is 0 Å². The molecule has 19 heteroatoms. The molecular formula is C53H58N10O9. The summed E-state index contributed by atoms with van der Waals surface area (Å²) < 4.78 is 7.22. The summed E-state index contributed by atoms with van der Waals surface area (Å²) in [4.78, 5) is 113. The molecule has 3 aliphatic rings. The van der Waals surface area contributed by atoms with E-state index in [1.54, 1.807) is 54.5 Å². The average molecular weight is 979 g/mol. The van der Waals surface area contributed by atoms with E-state index in [1.807, 2.05) is 49.4 Å². The minimum absolute atomic E-state index is 0.0126. The number of carbonyl (C=O) groups excluding carboxylic acids is 7. The Morgan fingerprint density at radius 1 is 0.806 bits per heavy atom. The van der Waals surface area contributed by atoms with Crippen LogP contribution in [-0.2, 0) is 31.6 Å². The number of benzene rings is 4. The van der Waals surface area contributed by atoms with E-state index in [9.17, 15) is 38.4 Å². The maximum absolute atomic E-state index is 13.5. The van der Waals surface area contributed by atoms with Gasteiger partial charge in [0, 0.05) is 92.7 Å². The number of ether oxygens (including phenoxy) is 1. The Kier molecular flexibility index (Phi) is 15.1. The van der Waals surface area contributed by atoms with Crippen LogP contribution in [0.1, 0.15) is 86.2 Å². The zero-order valence-corrected chi connectivity index (χ0v) is 40.9. The van der Waals surface area contributed by atoms with E-state index >= 15 is 0 Å². The van der Waals surface area contributed by atoms with E-state index in [4.69, 9.17) is 9.72 Å². The third kappa shape index (κ3) is 11.3. The largest absolute Gasteiger partial charge is 0.378 e. The number of aryl methyl sites for hydroxylation is 1. The SMILES string of the molecule is Cc1c(NC(=O)c2ccc(C(C)(C)C)cc2)cccc1-c1cn(C)c(=O)c(Nc2ccc(C(=O)N3CCN(CCOCCNC(=O)CNc4cccc5c4C(=O)N(C4CCC(=O)NC4=O)C5=O)CC3)cc2)n1. The summed E-state index contributed by atoms with van der Waals surface area (Å²) in [5.41, 5.74) is 5.56. The first kappa shape index (κ1) is 50.4. The number of hydrogen-bond acceptors (Lipinski definition) is 13. The van der Waals surface area contributed by atoms with Gasteiger partial charge in [0.05, 0.1) is 36.6 Å². The molecular weight excluding hydrogens is 921 g/mol. The molecule has 7 amide bonds. The lowest BCUT2D eigenvalue weighted by Crippen LogP contribution is -2.54. The highest BCUT2D eigenvalue weighted by Gasteiger charge is 2.45. The molecule has 4 heterocycles. The molecule has 1 unspecified atom stereocenters. The highest BCUT2D eigenvalue weighted by Crippen LogP contribution is 2.33. The second kappa shape index (κ2) is 21.5. The minimum Gasteiger partial charge on any atom is -0.378 e. The molecule has 2 saturated heterocycles. The standard InChI is InChI=1S/C53H58N10O9/c1-32-37(8-6-10-39(32)58-47(66)33-12-16-35(17-13-33)53(2,3)4)41-31-60(5)52(71)46(57-41)56-36-18-14-34(15-19-36)49(68)62-25-23-61(24-26-62)27-29-72-28-22-54-44(65)30-55-40-11-7-9-38-45(40)51(70)63(50(38)69)42-20-21-43(64)59-48(42)67/h6-19,31,42,55H,20-30H2,1-5H3,(H,54,65)(H,56,57)(H,58,66)(H,59,64,67). The number of fused-ring (bicyclic) bond motifs is 1. The van der Waals surface area contributed by atoms with E-state index in [1.165, 1.54) is 10.6 Å². The Bertz CT molecular complexity index is 2990. The van der Waals surface area contributed by atoms with Crippen LogP contribution in [0.3, 0.4) is 0 Å². The number of nitrogens with one attached hydrogen (secondary N) is 5. The number of rotatable bonds is 16. The Labute approximate surface area is 416 Å². The average Bonchev–Trinajstić information content (AvgIpc) is 3.62. The molecule has 5 N–H and O–H groups in total. The number of nitrogens with zero attached hydrogens (tertiary/aromatic N) is 5. The van der Waals surface area contributed by atoms with Gasteiger partial charge in [-0.2, -0.15) is 0 Å². The van der Waals surface area contributed by atoms with Crippen LogP contribution in [0.2, 0.25) is 0 Å². The zero-order chi connectivity index (χ0) is 51.3. The maximum atomic E-state index is 13.5. The smallest absolute Gasteiger partial charge is 0.293 e. The molecule has 1 atom stereocenters. The van der Waals surface area contributed by atoms with Gasteiger partial charge in [0.25, 0.3) is 29.2 Å². The molecule has 2 fully saturated rings. The molecule has 8 rings (SSSR count). The molecule has 19 nitrogen and oxygen atoms in total. The molecule has 0 aliphatic carbocycles. The fourth-order valence-electron chi connectivity index (χ4n) is 8.83. The van der Waals surface area contributed by atoms with Crippen molar-refractivity contribution in [3.05, 3.63) is 135 Å². The van der Waals surface area contributed by atoms with Crippen LogP contribution in [0.4, 0.5) is 22.9 Å². The van der Waals surface area contributed by atoms with Crippen molar-refractivity contribution in [2.45, 2.75) is 52.0 Å². The van der Waals surface area contributed by atoms with Gasteiger partial charge in [-0.3, -0.25) is 53.5 Å². The van der Waals surface area contributed by atoms with Crippen LogP contribution in [0.15, 0.2) is 95.9 Å². The van der Waals surface area contributed by atoms with Crippen molar-refractivity contribution >= 4 is 64.2 Å². The fourth-order valence-corrected chi connectivity index (χ4v) is 8.83. The summed E-state index contributed by atoms with van der Waals surface area (Å²) in [7, 11) is 1.65. The van der Waals surface area contributed by atoms with Gasteiger partial charge in [0.1, 0.15) is 6.04 Å². The van der Waals surface area contributed by atoms with Crippen LogP contribution < -0.4 is 32.1 Å². The summed E-state index contributed by atoms with van der Waals surface area (Å²) in [6.07, 6.45) is 1.71. The Morgan fingerprint density at radius 3 is 2.18 bits per heavy atom. The van der Waals surface area contributed by atoms with Crippen LogP contribution in [0.5, 0.6) is 0 Å². The van der Waals surface area contributed by atoms with E-state index in [2.05, 4.69) is 52.3 Å². The van der Waals surface area contributed by atoms with Crippen LogP contribution in [0.25, 0.3) is 11.3 Å². The van der Waals surface area contributed by atoms with Crippen LogP contribution >= 0.6 is 0 Å². The van der Waals surface area contributed by atoms with Crippen molar-refractivity contribution in [3.63, 3.8) is 0 Å². The number of piperazine rings is 1. The van der Waals surface area contributed by atoms with E-state index < -0.39 is 29.7 Å². The molecule has 0 spiro atoms. The molecule has 0 bridgehead atoms. The Balaban J connectivity index is 0.753. The summed E-state index contributed by atoms with van der Waals surface area (Å²) >= 11 is 0. The van der Waals surface area contributed by atoms with Crippen molar-refractivity contribution in [2.75, 3.05) is 75.0 Å². The quantitative estimate of drug-likeness (QED) is 0.0680. The van der Waals surface area contributed by atoms with Gasteiger partial charge in [-0.05, 0) is 84.5 Å². The lowest BCUT2D eigenvalue weighted by atomic mass is 9.86. The molecule has 72 heavy (non-hydrogen) atoms. The zero-order valence-electron chi connectivity index (χ0n) is 40.9. The molecule has 5 aromatic rings. The normalized spacial score (nSPS) is 16.0. The van der Waals surface area contributed by atoms with Crippen molar-refractivity contribution in [1.82, 2.24) is 34.9 Å². The highest BCUT2D eigenvalue weighted by molar-refractivity contribution is 6.25. The number of anilines is 4. The second-order valence-corrected chi connectivity index (χ2v) is 19.0. The summed E-state index contributed by atoms with van der Waals surface area (Å²) in [5.74, 6) is -3.04. The van der Waals surface area contributed by atoms with Crippen LogP contribution in [0, 0.1) is 6.92 Å². The third-order valence-corrected chi connectivity index (χ3v) is 13.0. The van der Waals surface area contributed by atoms with Gasteiger partial charge >= 0.3 is 0 Å². The number of aromatic nitrogens is 2. The number of hydrogen-bond donors (Lipinski definition) is 5. The second-order valence-electron chi connectivity index (χ2n) is 19.0. The van der Waals surface area contributed by atoms with Gasteiger partial charge in [-0.25, -0.2) is 4.98 Å². The van der Waals surface area contributed by atoms with Gasteiger partial charge in [0.2, 0.25) is 17.7 Å². The summed E-state index contributed by atoms with van der Waals surface area (Å²) in [6, 6.07) is 23.6. The number of imide groups is 2. The number of carbonyl (C=O) groups is 7. The van der Waals surface area contributed by atoms with E-state index in [0.29, 0.717) is 67.5 Å². The first-order valence-corrected chi connectivity index (χ1v) is 23.9. The van der Waals surface area contributed by atoms with Gasteiger partial charge in [0.15, 0.2) is 5.82 Å². The number of piperidine rings is 1. The summed E-state index contributed by atoms with van der Waals surface area (Å²) in [5, 5.41) is 14.0. The predicted octanol–water partition coefficient (Wildman–Crippen LogP) is 4.45. The molecule has 1 aromatic heterocycles. The maximum Gasteiger partial charge on any atom is 0.293 e. The molecule has 4 aromatic carbocycles.